The summed E-state index contributed by atoms with van der Waals surface area (Å²) in [6.45, 7) is 1.95. The fraction of sp³-hybridized carbons (Fsp3) is 0.333. The van der Waals surface area contributed by atoms with Gasteiger partial charge in [-0.05, 0) is 30.2 Å². The van der Waals surface area contributed by atoms with Gasteiger partial charge < -0.3 is 9.84 Å². The predicted molar refractivity (Wildman–Crippen MR) is 59.0 cm³/mol. The van der Waals surface area contributed by atoms with E-state index in [0.29, 0.717) is 5.56 Å². The van der Waals surface area contributed by atoms with E-state index in [-0.39, 0.29) is 5.78 Å². The smallest absolute Gasteiger partial charge is 0.311 e. The summed E-state index contributed by atoms with van der Waals surface area (Å²) in [6.07, 6.45) is 0.257. The molecule has 1 rings (SSSR count). The summed E-state index contributed by atoms with van der Waals surface area (Å²) < 4.78 is 5.12. The Morgan fingerprint density at radius 1 is 1.38 bits per heavy atom. The van der Waals surface area contributed by atoms with Crippen LogP contribution in [0.2, 0.25) is 0 Å². The summed E-state index contributed by atoms with van der Waals surface area (Å²) in [5.41, 5.74) is 1.32. The summed E-state index contributed by atoms with van der Waals surface area (Å²) in [5.74, 6) is -0.780. The molecule has 0 aliphatic heterocycles. The van der Waals surface area contributed by atoms with E-state index in [9.17, 15) is 9.59 Å². The van der Waals surface area contributed by atoms with Crippen LogP contribution in [0.5, 0.6) is 5.75 Å². The monoisotopic (exact) mass is 222 g/mol. The third-order valence-corrected chi connectivity index (χ3v) is 2.30. The molecule has 0 radical (unpaired) electrons. The molecule has 1 aromatic rings. The average Bonchev–Trinajstić information content (AvgIpc) is 2.27. The first kappa shape index (κ1) is 12.2. The topological polar surface area (TPSA) is 63.6 Å². The largest absolute Gasteiger partial charge is 0.496 e. The Morgan fingerprint density at radius 2 is 2.06 bits per heavy atom. The van der Waals surface area contributed by atoms with E-state index < -0.39 is 12.4 Å². The van der Waals surface area contributed by atoms with Gasteiger partial charge in [0, 0.05) is 5.56 Å². The number of carbonyl (C=O) groups excluding carboxylic acids is 1. The number of hydrogen-bond donors (Lipinski definition) is 1. The molecule has 0 saturated heterocycles. The molecule has 0 aliphatic carbocycles. The molecule has 0 unspecified atom stereocenters. The number of hydrogen-bond acceptors (Lipinski definition) is 3. The minimum atomic E-state index is -1.11. The molecular weight excluding hydrogens is 208 g/mol. The Balaban J connectivity index is 2.98. The molecule has 86 valence electrons. The minimum absolute atomic E-state index is 0.384. The molecule has 1 N–H and O–H groups in total. The zero-order valence-corrected chi connectivity index (χ0v) is 9.32. The summed E-state index contributed by atoms with van der Waals surface area (Å²) >= 11 is 0. The Morgan fingerprint density at radius 3 is 2.56 bits per heavy atom. The standard InChI is InChI=1S/C12H14O4/c1-3-8-6-9(4-5-11(8)16-2)10(13)7-12(14)15/h4-6H,3,7H2,1-2H3,(H,14,15). The van der Waals surface area contributed by atoms with Gasteiger partial charge in [0.25, 0.3) is 0 Å². The second-order valence-electron chi connectivity index (χ2n) is 3.37. The van der Waals surface area contributed by atoms with Crippen LogP contribution in [0.25, 0.3) is 0 Å². The van der Waals surface area contributed by atoms with Crippen molar-refractivity contribution in [1.29, 1.82) is 0 Å². The fourth-order valence-electron chi connectivity index (χ4n) is 1.47. The van der Waals surface area contributed by atoms with Crippen molar-refractivity contribution in [2.75, 3.05) is 7.11 Å². The maximum absolute atomic E-state index is 11.5. The number of aryl methyl sites for hydroxylation is 1. The molecule has 0 fully saturated rings. The number of ketones is 1. The molecule has 0 amide bonds. The molecular formula is C12H14O4. The van der Waals surface area contributed by atoms with Gasteiger partial charge in [-0.2, -0.15) is 0 Å². The van der Waals surface area contributed by atoms with E-state index in [0.717, 1.165) is 17.7 Å². The summed E-state index contributed by atoms with van der Waals surface area (Å²) in [4.78, 5) is 21.9. The summed E-state index contributed by atoms with van der Waals surface area (Å²) in [6, 6.07) is 4.96. The first-order chi connectivity index (χ1) is 7.58. The fourth-order valence-corrected chi connectivity index (χ4v) is 1.47. The van der Waals surface area contributed by atoms with Crippen molar-refractivity contribution in [2.24, 2.45) is 0 Å². The third kappa shape index (κ3) is 2.82. The highest BCUT2D eigenvalue weighted by Gasteiger charge is 2.12. The van der Waals surface area contributed by atoms with Gasteiger partial charge in [0.1, 0.15) is 12.2 Å². The van der Waals surface area contributed by atoms with Crippen molar-refractivity contribution in [3.05, 3.63) is 29.3 Å². The van der Waals surface area contributed by atoms with Crippen LogP contribution in [0.1, 0.15) is 29.3 Å². The van der Waals surface area contributed by atoms with Gasteiger partial charge in [-0.15, -0.1) is 0 Å². The van der Waals surface area contributed by atoms with Crippen LogP contribution >= 0.6 is 0 Å². The lowest BCUT2D eigenvalue weighted by Crippen LogP contribution is -2.07. The number of carbonyl (C=O) groups is 2. The number of carboxylic acid groups (broad SMARTS) is 1. The summed E-state index contributed by atoms with van der Waals surface area (Å²) in [7, 11) is 1.56. The molecule has 0 aromatic heterocycles. The molecule has 0 spiro atoms. The zero-order valence-electron chi connectivity index (χ0n) is 9.32. The van der Waals surface area contributed by atoms with Gasteiger partial charge in [0.2, 0.25) is 0 Å². The highest BCUT2D eigenvalue weighted by molar-refractivity contribution is 6.05. The van der Waals surface area contributed by atoms with Crippen LogP contribution in [-0.2, 0) is 11.2 Å². The normalized spacial score (nSPS) is 9.88. The van der Waals surface area contributed by atoms with Crippen molar-refractivity contribution >= 4 is 11.8 Å². The zero-order chi connectivity index (χ0) is 12.1. The van der Waals surface area contributed by atoms with Gasteiger partial charge in [-0.25, -0.2) is 0 Å². The Kier molecular flexibility index (Phi) is 4.05. The van der Waals surface area contributed by atoms with Crippen LogP contribution in [0.4, 0.5) is 0 Å². The predicted octanol–water partition coefficient (Wildman–Crippen LogP) is 1.91. The van der Waals surface area contributed by atoms with Crippen molar-refractivity contribution in [1.82, 2.24) is 0 Å². The van der Waals surface area contributed by atoms with Gasteiger partial charge in [0.05, 0.1) is 7.11 Å². The number of carboxylic acids is 1. The van der Waals surface area contributed by atoms with Gasteiger partial charge in [-0.1, -0.05) is 6.92 Å². The van der Waals surface area contributed by atoms with Gasteiger partial charge in [-0.3, -0.25) is 9.59 Å². The third-order valence-electron chi connectivity index (χ3n) is 2.30. The Labute approximate surface area is 93.9 Å². The lowest BCUT2D eigenvalue weighted by Gasteiger charge is -2.08. The van der Waals surface area contributed by atoms with Crippen LogP contribution in [-0.4, -0.2) is 24.0 Å². The van der Waals surface area contributed by atoms with Crippen LogP contribution in [0.15, 0.2) is 18.2 Å². The average molecular weight is 222 g/mol. The molecule has 4 nitrogen and oxygen atoms in total. The SMILES string of the molecule is CCc1cc(C(=O)CC(=O)O)ccc1OC. The van der Waals surface area contributed by atoms with Crippen LogP contribution in [0.3, 0.4) is 0 Å². The second-order valence-corrected chi connectivity index (χ2v) is 3.37. The van der Waals surface area contributed by atoms with Crippen LogP contribution < -0.4 is 4.74 Å². The molecule has 1 aromatic carbocycles. The number of benzene rings is 1. The highest BCUT2D eigenvalue weighted by Crippen LogP contribution is 2.21. The van der Waals surface area contributed by atoms with Crippen LogP contribution in [0, 0.1) is 0 Å². The minimum Gasteiger partial charge on any atom is -0.496 e. The molecule has 0 saturated carbocycles. The Bertz CT molecular complexity index is 409. The maximum atomic E-state index is 11.5. The number of aliphatic carboxylic acids is 1. The van der Waals surface area contributed by atoms with E-state index in [4.69, 9.17) is 9.84 Å². The van der Waals surface area contributed by atoms with Gasteiger partial charge in [0.15, 0.2) is 5.78 Å². The molecule has 0 aliphatic rings. The molecule has 0 heterocycles. The van der Waals surface area contributed by atoms with Crippen molar-refractivity contribution in [3.8, 4) is 5.75 Å². The number of methoxy groups -OCH3 is 1. The van der Waals surface area contributed by atoms with Crippen molar-refractivity contribution in [3.63, 3.8) is 0 Å². The molecule has 16 heavy (non-hydrogen) atoms. The maximum Gasteiger partial charge on any atom is 0.311 e. The highest BCUT2D eigenvalue weighted by atomic mass is 16.5. The lowest BCUT2D eigenvalue weighted by molar-refractivity contribution is -0.135. The molecule has 0 atom stereocenters. The molecule has 0 bridgehead atoms. The van der Waals surface area contributed by atoms with Gasteiger partial charge >= 0.3 is 5.97 Å². The number of Topliss-reactive ketones (excluding diaryl/α,β-unsaturated/α-hetero) is 1. The van der Waals surface area contributed by atoms with Crippen molar-refractivity contribution in [2.45, 2.75) is 19.8 Å². The van der Waals surface area contributed by atoms with E-state index in [2.05, 4.69) is 0 Å². The van der Waals surface area contributed by atoms with E-state index >= 15 is 0 Å². The lowest BCUT2D eigenvalue weighted by atomic mass is 10.0. The number of ether oxygens (including phenoxy) is 1. The first-order valence-electron chi connectivity index (χ1n) is 5.00. The van der Waals surface area contributed by atoms with E-state index in [1.807, 2.05) is 6.92 Å². The summed E-state index contributed by atoms with van der Waals surface area (Å²) in [5, 5.41) is 8.53. The van der Waals surface area contributed by atoms with Crippen molar-refractivity contribution < 1.29 is 19.4 Å². The Hall–Kier alpha value is -1.84. The second kappa shape index (κ2) is 5.30. The quantitative estimate of drug-likeness (QED) is 0.610. The van der Waals surface area contributed by atoms with E-state index in [1.54, 1.807) is 25.3 Å². The number of rotatable bonds is 5. The van der Waals surface area contributed by atoms with E-state index in [1.165, 1.54) is 0 Å². The first-order valence-corrected chi connectivity index (χ1v) is 5.00. The molecule has 4 heteroatoms.